The summed E-state index contributed by atoms with van der Waals surface area (Å²) in [7, 11) is -1.44. The van der Waals surface area contributed by atoms with Gasteiger partial charge in [-0.1, -0.05) is 11.6 Å². The molecule has 0 fully saturated rings. The van der Waals surface area contributed by atoms with Gasteiger partial charge >= 0.3 is 5.97 Å². The molecule has 2 heterocycles. The number of rotatable bonds is 7. The first-order valence-corrected chi connectivity index (χ1v) is 10.2. The number of nitrogens with one attached hydrogen (secondary N) is 1. The molecular weight excluding hydrogens is 462 g/mol. The number of carbonyl (C=O) groups is 2. The Morgan fingerprint density at radius 1 is 1.52 bits per heavy atom. The fourth-order valence-electron chi connectivity index (χ4n) is 2.53. The fraction of sp³-hybridized carbons (Fsp3) is 0.312. The summed E-state index contributed by atoms with van der Waals surface area (Å²) >= 11 is 8.97. The van der Waals surface area contributed by atoms with Gasteiger partial charge in [0.15, 0.2) is 0 Å². The van der Waals surface area contributed by atoms with Crippen LogP contribution in [0.4, 0.5) is 0 Å². The lowest BCUT2D eigenvalue weighted by atomic mass is 9.96. The lowest BCUT2D eigenvalue weighted by Crippen LogP contribution is -2.49. The highest BCUT2D eigenvalue weighted by Crippen LogP contribution is 2.29. The van der Waals surface area contributed by atoms with Crippen LogP contribution in [0.1, 0.15) is 23.0 Å². The molecule has 8 nitrogen and oxygen atoms in total. The molecule has 0 saturated heterocycles. The fourth-order valence-corrected chi connectivity index (χ4v) is 5.38. The predicted octanol–water partition coefficient (Wildman–Crippen LogP) is 2.10. The Bertz CT molecular complexity index is 992. The lowest BCUT2D eigenvalue weighted by Gasteiger charge is -2.24. The SMILES string of the molecule is COC(=O)c1c(Br)c(S(=O)(=O)NC(C)(C=O)Cc2ccnc(Cl)c2)cn1C. The second kappa shape index (κ2) is 8.09. The zero-order valence-electron chi connectivity index (χ0n) is 14.7. The van der Waals surface area contributed by atoms with Crippen molar-refractivity contribution in [1.29, 1.82) is 0 Å². The van der Waals surface area contributed by atoms with Crippen LogP contribution in [0.2, 0.25) is 5.15 Å². The van der Waals surface area contributed by atoms with Gasteiger partial charge in [-0.2, -0.15) is 4.72 Å². The van der Waals surface area contributed by atoms with E-state index in [-0.39, 0.29) is 26.6 Å². The first kappa shape index (κ1) is 21.5. The number of carbonyl (C=O) groups excluding carboxylic acids is 2. The first-order valence-electron chi connectivity index (χ1n) is 7.57. The van der Waals surface area contributed by atoms with Gasteiger partial charge in [0.05, 0.1) is 17.1 Å². The molecule has 0 aliphatic rings. The lowest BCUT2D eigenvalue weighted by molar-refractivity contribution is -0.112. The molecule has 0 amide bonds. The van der Waals surface area contributed by atoms with Crippen molar-refractivity contribution in [3.8, 4) is 0 Å². The van der Waals surface area contributed by atoms with Crippen LogP contribution in [0, 0.1) is 0 Å². The van der Waals surface area contributed by atoms with E-state index in [4.69, 9.17) is 11.6 Å². The van der Waals surface area contributed by atoms with E-state index in [1.54, 1.807) is 12.1 Å². The zero-order chi connectivity index (χ0) is 20.4. The van der Waals surface area contributed by atoms with Gasteiger partial charge in [-0.3, -0.25) is 0 Å². The average molecular weight is 479 g/mol. The molecule has 27 heavy (non-hydrogen) atoms. The monoisotopic (exact) mass is 477 g/mol. The molecule has 0 radical (unpaired) electrons. The number of aromatic nitrogens is 2. The number of nitrogens with zero attached hydrogens (tertiary/aromatic N) is 2. The van der Waals surface area contributed by atoms with Crippen LogP contribution in [0.3, 0.4) is 0 Å². The molecule has 2 rings (SSSR count). The van der Waals surface area contributed by atoms with Crippen LogP contribution in [-0.4, -0.2) is 42.9 Å². The van der Waals surface area contributed by atoms with Gasteiger partial charge in [0.25, 0.3) is 0 Å². The Labute approximate surface area is 170 Å². The Hall–Kier alpha value is -1.75. The van der Waals surface area contributed by atoms with Gasteiger partial charge in [0, 0.05) is 19.4 Å². The van der Waals surface area contributed by atoms with Gasteiger partial charge in [0.2, 0.25) is 10.0 Å². The van der Waals surface area contributed by atoms with Crippen molar-refractivity contribution in [2.75, 3.05) is 7.11 Å². The Kier molecular flexibility index (Phi) is 6.46. The van der Waals surface area contributed by atoms with Gasteiger partial charge in [-0.25, -0.2) is 18.2 Å². The third-order valence-corrected chi connectivity index (χ3v) is 6.64. The van der Waals surface area contributed by atoms with Crippen LogP contribution < -0.4 is 4.72 Å². The number of esters is 1. The summed E-state index contributed by atoms with van der Waals surface area (Å²) in [4.78, 5) is 27.2. The van der Waals surface area contributed by atoms with E-state index in [2.05, 4.69) is 30.4 Å². The highest BCUT2D eigenvalue weighted by molar-refractivity contribution is 9.10. The maximum absolute atomic E-state index is 12.9. The number of halogens is 2. The van der Waals surface area contributed by atoms with Gasteiger partial charge < -0.3 is 14.1 Å². The Morgan fingerprint density at radius 2 is 2.19 bits per heavy atom. The molecule has 0 bridgehead atoms. The molecule has 11 heteroatoms. The van der Waals surface area contributed by atoms with Crippen molar-refractivity contribution in [2.24, 2.45) is 7.05 Å². The highest BCUT2D eigenvalue weighted by Gasteiger charge is 2.34. The molecule has 0 spiro atoms. The molecule has 0 aliphatic carbocycles. The summed E-state index contributed by atoms with van der Waals surface area (Å²) in [6.07, 6.45) is 3.30. The van der Waals surface area contributed by atoms with E-state index < -0.39 is 21.5 Å². The largest absolute Gasteiger partial charge is 0.464 e. The van der Waals surface area contributed by atoms with E-state index in [1.807, 2.05) is 0 Å². The minimum atomic E-state index is -4.14. The van der Waals surface area contributed by atoms with Crippen LogP contribution in [0.5, 0.6) is 0 Å². The molecule has 2 aromatic rings. The van der Waals surface area contributed by atoms with E-state index in [1.165, 1.54) is 38.0 Å². The third kappa shape index (κ3) is 4.75. The minimum absolute atomic E-state index is 0.0339. The quantitative estimate of drug-likeness (QED) is 0.371. The summed E-state index contributed by atoms with van der Waals surface area (Å²) in [6, 6.07) is 3.18. The van der Waals surface area contributed by atoms with Crippen LogP contribution >= 0.6 is 27.5 Å². The summed E-state index contributed by atoms with van der Waals surface area (Å²) in [5, 5.41) is 0.233. The number of aryl methyl sites for hydroxylation is 1. The highest BCUT2D eigenvalue weighted by atomic mass is 79.9. The summed E-state index contributed by atoms with van der Waals surface area (Å²) in [5.74, 6) is -0.699. The average Bonchev–Trinajstić information content (AvgIpc) is 2.89. The summed E-state index contributed by atoms with van der Waals surface area (Å²) < 4.78 is 34.1. The zero-order valence-corrected chi connectivity index (χ0v) is 17.9. The van der Waals surface area contributed by atoms with E-state index in [9.17, 15) is 18.0 Å². The molecule has 146 valence electrons. The Balaban J connectivity index is 2.39. The van der Waals surface area contributed by atoms with Crippen LogP contribution in [0.15, 0.2) is 33.9 Å². The number of methoxy groups -OCH3 is 1. The number of pyridine rings is 1. The molecular formula is C16H17BrClN3O5S. The second-order valence-electron chi connectivity index (χ2n) is 6.06. The Morgan fingerprint density at radius 3 is 2.74 bits per heavy atom. The third-order valence-electron chi connectivity index (χ3n) is 3.75. The van der Waals surface area contributed by atoms with Crippen molar-refractivity contribution >= 4 is 49.8 Å². The number of hydrogen-bond acceptors (Lipinski definition) is 6. The van der Waals surface area contributed by atoms with Crippen molar-refractivity contribution in [3.63, 3.8) is 0 Å². The van der Waals surface area contributed by atoms with Gasteiger partial charge in [-0.05, 0) is 47.0 Å². The molecule has 2 aromatic heterocycles. The first-order chi connectivity index (χ1) is 12.5. The molecule has 1 unspecified atom stereocenters. The predicted molar refractivity (Wildman–Crippen MR) is 102 cm³/mol. The molecule has 1 atom stereocenters. The molecule has 1 N–H and O–H groups in total. The van der Waals surface area contributed by atoms with E-state index >= 15 is 0 Å². The molecule has 0 aliphatic heterocycles. The number of ether oxygens (including phenoxy) is 1. The smallest absolute Gasteiger partial charge is 0.355 e. The van der Waals surface area contributed by atoms with Crippen molar-refractivity contribution in [2.45, 2.75) is 23.8 Å². The van der Waals surface area contributed by atoms with Crippen molar-refractivity contribution < 1.29 is 22.7 Å². The summed E-state index contributed by atoms with van der Waals surface area (Å²) in [5.41, 5.74) is -0.772. The number of sulfonamides is 1. The number of hydrogen-bond donors (Lipinski definition) is 1. The normalized spacial score (nSPS) is 13.8. The minimum Gasteiger partial charge on any atom is -0.464 e. The topological polar surface area (TPSA) is 107 Å². The standard InChI is InChI=1S/C16H17BrClN3O5S/c1-16(9-22,7-10-4-5-19-12(18)6-10)20-27(24,25)11-8-21(2)14(13(11)17)15(23)26-3/h4-6,8-9,20H,7H2,1-3H3. The van der Waals surface area contributed by atoms with Crippen LogP contribution in [0.25, 0.3) is 0 Å². The van der Waals surface area contributed by atoms with Gasteiger partial charge in [-0.15, -0.1) is 0 Å². The van der Waals surface area contributed by atoms with Crippen molar-refractivity contribution in [1.82, 2.24) is 14.3 Å². The molecule has 0 aromatic carbocycles. The maximum atomic E-state index is 12.9. The number of aldehydes is 1. The second-order valence-corrected chi connectivity index (χ2v) is 8.89. The maximum Gasteiger partial charge on any atom is 0.355 e. The van der Waals surface area contributed by atoms with Crippen molar-refractivity contribution in [3.05, 3.63) is 45.4 Å². The summed E-state index contributed by atoms with van der Waals surface area (Å²) in [6.45, 7) is 1.45. The van der Waals surface area contributed by atoms with Crippen LogP contribution in [-0.2, 0) is 33.0 Å². The van der Waals surface area contributed by atoms with E-state index in [0.717, 1.165) is 0 Å². The molecule has 0 saturated carbocycles. The van der Waals surface area contributed by atoms with Gasteiger partial charge in [0.1, 0.15) is 22.0 Å². The van der Waals surface area contributed by atoms with E-state index in [0.29, 0.717) is 11.8 Å².